The Morgan fingerprint density at radius 3 is 0.917 bits per heavy atom. The molecule has 8 heteroatoms. The van der Waals surface area contributed by atoms with E-state index in [-0.39, 0.29) is 0 Å². The molecule has 4 aromatic heterocycles. The highest BCUT2D eigenvalue weighted by Gasteiger charge is 2.19. The van der Waals surface area contributed by atoms with Crippen molar-refractivity contribution in [1.29, 1.82) is 21.0 Å². The van der Waals surface area contributed by atoms with Crippen LogP contribution in [0, 0.1) is 45.3 Å². The molecule has 0 spiro atoms. The zero-order valence-electron chi connectivity index (χ0n) is 31.4. The van der Waals surface area contributed by atoms with E-state index in [0.717, 1.165) is 110 Å². The molecular formula is C52H24N6O2. The van der Waals surface area contributed by atoms with Gasteiger partial charge in [-0.1, -0.05) is 36.4 Å². The summed E-state index contributed by atoms with van der Waals surface area (Å²) in [7, 11) is 0. The first-order chi connectivity index (χ1) is 29.5. The zero-order chi connectivity index (χ0) is 40.2. The molecule has 60 heavy (non-hydrogen) atoms. The Hall–Kier alpha value is -9.08. The molecule has 0 atom stereocenters. The van der Waals surface area contributed by atoms with E-state index in [9.17, 15) is 21.0 Å². The van der Waals surface area contributed by atoms with E-state index in [1.165, 1.54) is 0 Å². The monoisotopic (exact) mass is 764 g/mol. The van der Waals surface area contributed by atoms with Gasteiger partial charge in [-0.2, -0.15) is 21.0 Å². The lowest BCUT2D eigenvalue weighted by Crippen LogP contribution is -1.94. The van der Waals surface area contributed by atoms with Gasteiger partial charge in [-0.05, 0) is 120 Å². The normalized spacial score (nSPS) is 11.6. The number of furan rings is 2. The highest BCUT2D eigenvalue weighted by molar-refractivity contribution is 6.13. The van der Waals surface area contributed by atoms with E-state index in [0.29, 0.717) is 22.3 Å². The highest BCUT2D eigenvalue weighted by atomic mass is 16.3. The SMILES string of the molecule is N#Cc1ccc2c3ccc(C#N)cc3n(-c3ccc4oc5ccc(-c6ccc7oc8ccc(-n9c%10cc(C#N)ccc%10c%10ccc(C#N)cc%109)cc8c7c6)cc5c4c3)c2c1. The summed E-state index contributed by atoms with van der Waals surface area (Å²) in [6.07, 6.45) is 0. The van der Waals surface area contributed by atoms with Gasteiger partial charge >= 0.3 is 0 Å². The van der Waals surface area contributed by atoms with Gasteiger partial charge in [0.2, 0.25) is 0 Å². The predicted molar refractivity (Wildman–Crippen MR) is 234 cm³/mol. The van der Waals surface area contributed by atoms with Gasteiger partial charge in [0.1, 0.15) is 22.3 Å². The lowest BCUT2D eigenvalue weighted by atomic mass is 10.0. The number of fused-ring (bicyclic) bond motifs is 12. The summed E-state index contributed by atoms with van der Waals surface area (Å²) in [6.45, 7) is 0. The van der Waals surface area contributed by atoms with E-state index in [4.69, 9.17) is 8.83 Å². The fourth-order valence-electron chi connectivity index (χ4n) is 9.04. The Labute approximate surface area is 340 Å². The Morgan fingerprint density at radius 1 is 0.300 bits per heavy atom. The number of hydrogen-bond acceptors (Lipinski definition) is 6. The second-order valence-electron chi connectivity index (χ2n) is 15.0. The van der Waals surface area contributed by atoms with Gasteiger partial charge in [-0.25, -0.2) is 0 Å². The molecule has 0 amide bonds. The van der Waals surface area contributed by atoms with Crippen LogP contribution < -0.4 is 0 Å². The van der Waals surface area contributed by atoms with Gasteiger partial charge in [-0.3, -0.25) is 0 Å². The number of hydrogen-bond donors (Lipinski definition) is 0. The minimum Gasteiger partial charge on any atom is -0.456 e. The van der Waals surface area contributed by atoms with Crippen molar-refractivity contribution in [3.05, 3.63) is 168 Å². The maximum absolute atomic E-state index is 9.78. The number of rotatable bonds is 3. The van der Waals surface area contributed by atoms with Crippen molar-refractivity contribution in [3.63, 3.8) is 0 Å². The van der Waals surface area contributed by atoms with Gasteiger partial charge < -0.3 is 18.0 Å². The lowest BCUT2D eigenvalue weighted by Gasteiger charge is -2.09. The van der Waals surface area contributed by atoms with Crippen molar-refractivity contribution in [2.24, 2.45) is 0 Å². The number of nitrogens with zero attached hydrogens (tertiary/aromatic N) is 6. The molecule has 0 aliphatic heterocycles. The van der Waals surface area contributed by atoms with E-state index >= 15 is 0 Å². The molecule has 0 unspecified atom stereocenters. The fourth-order valence-corrected chi connectivity index (χ4v) is 9.04. The third-order valence-corrected chi connectivity index (χ3v) is 11.8. The maximum atomic E-state index is 9.78. The first kappa shape index (κ1) is 33.1. The quantitative estimate of drug-likeness (QED) is 0.176. The van der Waals surface area contributed by atoms with Crippen molar-refractivity contribution in [2.45, 2.75) is 0 Å². The summed E-state index contributed by atoms with van der Waals surface area (Å²) >= 11 is 0. The van der Waals surface area contributed by atoms with Crippen LogP contribution >= 0.6 is 0 Å². The van der Waals surface area contributed by atoms with Crippen LogP contribution in [0.2, 0.25) is 0 Å². The molecule has 0 N–H and O–H groups in total. The lowest BCUT2D eigenvalue weighted by molar-refractivity contribution is 0.668. The average Bonchev–Trinajstić information content (AvgIpc) is 4.04. The molecule has 0 aliphatic rings. The van der Waals surface area contributed by atoms with Crippen LogP contribution in [-0.4, -0.2) is 9.13 Å². The molecule has 0 fully saturated rings. The van der Waals surface area contributed by atoms with Crippen LogP contribution in [-0.2, 0) is 0 Å². The summed E-state index contributed by atoms with van der Waals surface area (Å²) in [5.41, 5.74) is 12.6. The van der Waals surface area contributed by atoms with Crippen molar-refractivity contribution < 1.29 is 8.83 Å². The minimum absolute atomic E-state index is 0.556. The van der Waals surface area contributed by atoms with Gasteiger partial charge in [0.25, 0.3) is 0 Å². The fraction of sp³-hybridized carbons (Fsp3) is 0. The first-order valence-corrected chi connectivity index (χ1v) is 19.2. The van der Waals surface area contributed by atoms with E-state index in [2.05, 4.69) is 69.8 Å². The second-order valence-corrected chi connectivity index (χ2v) is 15.0. The molecule has 8 nitrogen and oxygen atoms in total. The smallest absolute Gasteiger partial charge is 0.135 e. The van der Waals surface area contributed by atoms with Crippen LogP contribution in [0.3, 0.4) is 0 Å². The summed E-state index contributed by atoms with van der Waals surface area (Å²) in [6, 6.07) is 56.6. The Balaban J connectivity index is 1.02. The van der Waals surface area contributed by atoms with E-state index in [1.54, 1.807) is 0 Å². The van der Waals surface area contributed by atoms with Gasteiger partial charge in [0.15, 0.2) is 0 Å². The van der Waals surface area contributed by atoms with Crippen molar-refractivity contribution >= 4 is 87.5 Å². The third-order valence-electron chi connectivity index (χ3n) is 11.8. The standard InChI is InChI=1S/C52H24N6O2/c53-25-29-1-9-37-38-10-2-30(26-54)18-46(38)57(45(37)17-29)35-7-15-51-43(23-35)41-21-33(5-13-49(41)59-51)34-6-14-50-42(22-34)44-24-36(8-16-52(44)60-50)58-47-19-31(27-55)3-11-39(47)40-12-4-32(28-56)20-48(40)58/h1-24H. The number of nitriles is 4. The van der Waals surface area contributed by atoms with Crippen LogP contribution in [0.5, 0.6) is 0 Å². The Morgan fingerprint density at radius 2 is 0.600 bits per heavy atom. The molecule has 0 aliphatic carbocycles. The molecule has 4 heterocycles. The Kier molecular flexibility index (Phi) is 6.73. The first-order valence-electron chi connectivity index (χ1n) is 19.2. The molecule has 0 saturated carbocycles. The molecule has 0 bridgehead atoms. The molecule has 0 saturated heterocycles. The van der Waals surface area contributed by atoms with E-state index in [1.807, 2.05) is 109 Å². The highest BCUT2D eigenvalue weighted by Crippen LogP contribution is 2.40. The Bertz CT molecular complexity index is 3660. The summed E-state index contributed by atoms with van der Waals surface area (Å²) < 4.78 is 17.0. The topological polar surface area (TPSA) is 131 Å². The zero-order valence-corrected chi connectivity index (χ0v) is 31.4. The molecule has 0 radical (unpaired) electrons. The maximum Gasteiger partial charge on any atom is 0.135 e. The second kappa shape index (κ2) is 12.2. The van der Waals surface area contributed by atoms with Crippen LogP contribution in [0.1, 0.15) is 22.3 Å². The molecule has 274 valence electrons. The van der Waals surface area contributed by atoms with Crippen LogP contribution in [0.25, 0.3) is 110 Å². The summed E-state index contributed by atoms with van der Waals surface area (Å²) in [5, 5.41) is 46.9. The number of benzene rings is 8. The average molecular weight is 765 g/mol. The van der Waals surface area contributed by atoms with Crippen molar-refractivity contribution in [1.82, 2.24) is 9.13 Å². The largest absolute Gasteiger partial charge is 0.456 e. The van der Waals surface area contributed by atoms with E-state index < -0.39 is 0 Å². The van der Waals surface area contributed by atoms with Gasteiger partial charge in [-0.15, -0.1) is 0 Å². The van der Waals surface area contributed by atoms with Crippen molar-refractivity contribution in [3.8, 4) is 46.8 Å². The molecule has 12 aromatic rings. The van der Waals surface area contributed by atoms with Crippen LogP contribution in [0.4, 0.5) is 0 Å². The van der Waals surface area contributed by atoms with Crippen LogP contribution in [0.15, 0.2) is 154 Å². The third kappa shape index (κ3) is 4.68. The van der Waals surface area contributed by atoms with Gasteiger partial charge in [0.05, 0.1) is 68.6 Å². The summed E-state index contributed by atoms with van der Waals surface area (Å²) in [4.78, 5) is 0. The molecular weight excluding hydrogens is 741 g/mol. The van der Waals surface area contributed by atoms with Crippen molar-refractivity contribution in [2.75, 3.05) is 0 Å². The summed E-state index contributed by atoms with van der Waals surface area (Å²) in [5.74, 6) is 0. The van der Waals surface area contributed by atoms with Gasteiger partial charge in [0, 0.05) is 54.5 Å². The number of aromatic nitrogens is 2. The molecule has 12 rings (SSSR count). The molecule has 8 aromatic carbocycles. The minimum atomic E-state index is 0.556. The predicted octanol–water partition coefficient (Wildman–Crippen LogP) is 12.8.